The molecule has 5 N–H and O–H groups in total. The molecular weight excluding hydrogens is 572 g/mol. The highest BCUT2D eigenvalue weighted by molar-refractivity contribution is 6.38. The van der Waals surface area contributed by atoms with Crippen molar-refractivity contribution in [3.05, 3.63) is 35.9 Å². The Morgan fingerprint density at radius 2 is 1.64 bits per heavy atom. The molecule has 1 aliphatic heterocycles. The van der Waals surface area contributed by atoms with Crippen LogP contribution in [0.25, 0.3) is 0 Å². The third kappa shape index (κ3) is 10.7. The van der Waals surface area contributed by atoms with Crippen LogP contribution >= 0.6 is 0 Å². The highest BCUT2D eigenvalue weighted by Gasteiger charge is 2.36. The van der Waals surface area contributed by atoms with Gasteiger partial charge >= 0.3 is 6.09 Å². The lowest BCUT2D eigenvalue weighted by Crippen LogP contribution is -2.54. The number of carbonyl (C=O) groups excluding carboxylic acids is 7. The summed E-state index contributed by atoms with van der Waals surface area (Å²) in [6.07, 6.45) is 0.421. The lowest BCUT2D eigenvalue weighted by atomic mass is 10.1. The number of likely N-dealkylation sites (tertiary alicyclic amines) is 1. The molecule has 0 aliphatic carbocycles. The van der Waals surface area contributed by atoms with E-state index in [4.69, 9.17) is 4.74 Å². The molecule has 44 heavy (non-hydrogen) atoms. The zero-order valence-corrected chi connectivity index (χ0v) is 25.9. The van der Waals surface area contributed by atoms with E-state index in [1.807, 2.05) is 13.8 Å². The van der Waals surface area contributed by atoms with Crippen molar-refractivity contribution in [3.63, 3.8) is 0 Å². The summed E-state index contributed by atoms with van der Waals surface area (Å²) < 4.78 is 5.20. The number of Topliss-reactive ketones (excluding diaryl/α,β-unsaturated/α-hetero) is 1. The third-order valence-corrected chi connectivity index (χ3v) is 7.28. The topological polar surface area (TPSA) is 192 Å². The molecule has 4 atom stereocenters. The molecule has 3 unspecified atom stereocenters. The number of ketones is 1. The molecule has 0 saturated carbocycles. The number of benzene rings is 1. The van der Waals surface area contributed by atoms with E-state index in [2.05, 4.69) is 26.6 Å². The fourth-order valence-corrected chi connectivity index (χ4v) is 4.47. The van der Waals surface area contributed by atoms with Crippen LogP contribution in [0, 0.1) is 5.92 Å². The number of likely N-dealkylation sites (N-methyl/N-ethyl adjacent to an activating group) is 1. The van der Waals surface area contributed by atoms with E-state index in [1.54, 1.807) is 44.2 Å². The Balaban J connectivity index is 1.94. The summed E-state index contributed by atoms with van der Waals surface area (Å²) in [6, 6.07) is 5.45. The summed E-state index contributed by atoms with van der Waals surface area (Å²) in [5.74, 6) is -4.16. The van der Waals surface area contributed by atoms with Crippen LogP contribution in [0.5, 0.6) is 0 Å². The molecule has 14 nitrogen and oxygen atoms in total. The first-order chi connectivity index (χ1) is 20.9. The average Bonchev–Trinajstić information content (AvgIpc) is 3.51. The van der Waals surface area contributed by atoms with Crippen molar-refractivity contribution in [1.29, 1.82) is 0 Å². The minimum Gasteiger partial charge on any atom is -0.446 e. The van der Waals surface area contributed by atoms with Crippen molar-refractivity contribution in [3.8, 4) is 0 Å². The van der Waals surface area contributed by atoms with Crippen LogP contribution in [0.2, 0.25) is 0 Å². The van der Waals surface area contributed by atoms with Crippen LogP contribution < -0.4 is 26.6 Å². The molecule has 14 heteroatoms. The van der Waals surface area contributed by atoms with Crippen molar-refractivity contribution in [2.75, 3.05) is 26.7 Å². The zero-order valence-electron chi connectivity index (χ0n) is 25.9. The van der Waals surface area contributed by atoms with E-state index in [-0.39, 0.29) is 31.5 Å². The van der Waals surface area contributed by atoms with Gasteiger partial charge in [-0.15, -0.1) is 0 Å². The van der Waals surface area contributed by atoms with Gasteiger partial charge in [0.25, 0.3) is 5.91 Å². The van der Waals surface area contributed by atoms with Crippen molar-refractivity contribution in [2.24, 2.45) is 5.92 Å². The molecule has 1 aliphatic rings. The number of ether oxygens (including phenoxy) is 1. The van der Waals surface area contributed by atoms with Gasteiger partial charge in [-0.25, -0.2) is 4.79 Å². The Hall–Kier alpha value is -4.49. The molecule has 0 spiro atoms. The molecule has 1 fully saturated rings. The smallest absolute Gasteiger partial charge is 0.407 e. The zero-order chi connectivity index (χ0) is 32.8. The molecule has 1 saturated heterocycles. The summed E-state index contributed by atoms with van der Waals surface area (Å²) in [4.78, 5) is 89.7. The summed E-state index contributed by atoms with van der Waals surface area (Å²) in [5, 5.41) is 12.2. The molecular formula is C30H44N6O8. The fraction of sp³-hybridized carbons (Fsp3) is 0.567. The number of hydrogen-bond acceptors (Lipinski definition) is 8. The molecule has 6 amide bonds. The Labute approximate surface area is 257 Å². The molecule has 1 aromatic carbocycles. The van der Waals surface area contributed by atoms with Gasteiger partial charge in [-0.2, -0.15) is 0 Å². The Morgan fingerprint density at radius 1 is 0.955 bits per heavy atom. The maximum atomic E-state index is 13.1. The summed E-state index contributed by atoms with van der Waals surface area (Å²) in [7, 11) is 1.43. The number of nitrogens with zero attached hydrogens (tertiary/aromatic N) is 1. The van der Waals surface area contributed by atoms with Crippen LogP contribution in [-0.4, -0.2) is 91.2 Å². The fourth-order valence-electron chi connectivity index (χ4n) is 4.47. The predicted octanol–water partition coefficient (Wildman–Crippen LogP) is 0.322. The SMILES string of the molecule is CCCC(NC(=O)[C@@H]1CCCN1C(=O)CNC(=O)OC(C)C(C)C)C(=O)C(=O)NCC(=O)NC(C(=O)NC)c1ccccc1. The first-order valence-electron chi connectivity index (χ1n) is 14.8. The van der Waals surface area contributed by atoms with Gasteiger partial charge in [0.15, 0.2) is 0 Å². The lowest BCUT2D eigenvalue weighted by Gasteiger charge is -2.26. The molecule has 1 aromatic rings. The van der Waals surface area contributed by atoms with Crippen LogP contribution in [-0.2, 0) is 33.5 Å². The van der Waals surface area contributed by atoms with Gasteiger partial charge in [0.2, 0.25) is 29.4 Å². The summed E-state index contributed by atoms with van der Waals surface area (Å²) in [5.41, 5.74) is 0.532. The van der Waals surface area contributed by atoms with Gasteiger partial charge in [-0.1, -0.05) is 57.5 Å². The van der Waals surface area contributed by atoms with Crippen molar-refractivity contribution < 1.29 is 38.3 Å². The summed E-state index contributed by atoms with van der Waals surface area (Å²) >= 11 is 0. The standard InChI is InChI=1S/C30H44N6O8/c1-6-11-21(26(39)29(42)32-16-23(37)35-25(28(41)31-5)20-12-8-7-9-13-20)34-27(40)22-14-10-15-36(22)24(38)17-33-30(43)44-19(4)18(2)3/h7-9,12-13,18-19,21-22,25H,6,10-11,14-17H2,1-5H3,(H,31,41)(H,32,42)(H,33,43)(H,34,40)(H,35,37)/t19?,21?,22-,25?/m0/s1. The van der Waals surface area contributed by atoms with Crippen LogP contribution in [0.4, 0.5) is 4.79 Å². The van der Waals surface area contributed by atoms with Gasteiger partial charge in [-0.3, -0.25) is 28.8 Å². The number of amides is 6. The van der Waals surface area contributed by atoms with Crippen LogP contribution in [0.15, 0.2) is 30.3 Å². The number of carbonyl (C=O) groups is 7. The molecule has 1 heterocycles. The monoisotopic (exact) mass is 616 g/mol. The van der Waals surface area contributed by atoms with Gasteiger partial charge in [0.05, 0.1) is 12.6 Å². The highest BCUT2D eigenvalue weighted by Crippen LogP contribution is 2.18. The van der Waals surface area contributed by atoms with E-state index in [9.17, 15) is 33.6 Å². The first-order valence-corrected chi connectivity index (χ1v) is 14.8. The number of nitrogens with one attached hydrogen (secondary N) is 5. The van der Waals surface area contributed by atoms with Crippen molar-refractivity contribution in [1.82, 2.24) is 31.5 Å². The number of rotatable bonds is 15. The van der Waals surface area contributed by atoms with Gasteiger partial charge in [-0.05, 0) is 37.7 Å². The molecule has 2 rings (SSSR count). The van der Waals surface area contributed by atoms with E-state index in [0.717, 1.165) is 0 Å². The molecule has 0 bridgehead atoms. The average molecular weight is 617 g/mol. The maximum Gasteiger partial charge on any atom is 0.407 e. The van der Waals surface area contributed by atoms with E-state index >= 15 is 0 Å². The van der Waals surface area contributed by atoms with Crippen LogP contribution in [0.1, 0.15) is 65.0 Å². The summed E-state index contributed by atoms with van der Waals surface area (Å²) in [6.45, 7) is 6.66. The molecule has 0 radical (unpaired) electrons. The predicted molar refractivity (Wildman–Crippen MR) is 160 cm³/mol. The second kappa shape index (κ2) is 17.6. The van der Waals surface area contributed by atoms with Gasteiger partial charge in [0.1, 0.15) is 24.7 Å². The first kappa shape index (κ1) is 35.7. The number of hydrogen-bond donors (Lipinski definition) is 5. The van der Waals surface area contributed by atoms with Gasteiger partial charge < -0.3 is 36.2 Å². The Bertz CT molecular complexity index is 1190. The largest absolute Gasteiger partial charge is 0.446 e. The minimum atomic E-state index is -1.18. The highest BCUT2D eigenvalue weighted by atomic mass is 16.6. The normalized spacial score (nSPS) is 16.2. The van der Waals surface area contributed by atoms with E-state index < -0.39 is 66.1 Å². The van der Waals surface area contributed by atoms with Gasteiger partial charge in [0, 0.05) is 13.6 Å². The van der Waals surface area contributed by atoms with Crippen LogP contribution in [0.3, 0.4) is 0 Å². The van der Waals surface area contributed by atoms with E-state index in [1.165, 1.54) is 11.9 Å². The second-order valence-electron chi connectivity index (χ2n) is 10.9. The lowest BCUT2D eigenvalue weighted by molar-refractivity contribution is -0.142. The van der Waals surface area contributed by atoms with E-state index in [0.29, 0.717) is 24.8 Å². The quantitative estimate of drug-likeness (QED) is 0.174. The number of alkyl carbamates (subject to hydrolysis) is 1. The van der Waals surface area contributed by atoms with Crippen molar-refractivity contribution >= 4 is 41.4 Å². The molecule has 242 valence electrons. The third-order valence-electron chi connectivity index (χ3n) is 7.28. The Kier molecular flexibility index (Phi) is 14.3. The Morgan fingerprint density at radius 3 is 2.25 bits per heavy atom. The van der Waals surface area contributed by atoms with Crippen molar-refractivity contribution in [2.45, 2.75) is 77.6 Å². The molecule has 0 aromatic heterocycles. The maximum absolute atomic E-state index is 13.1. The minimum absolute atomic E-state index is 0.0992. The second-order valence-corrected chi connectivity index (χ2v) is 10.9.